The molecule has 21 heavy (non-hydrogen) atoms. The van der Waals surface area contributed by atoms with Crippen molar-refractivity contribution >= 4 is 46.6 Å². The minimum atomic E-state index is -0.523. The van der Waals surface area contributed by atoms with Crippen LogP contribution in [0.5, 0.6) is 5.88 Å². The third kappa shape index (κ3) is 2.39. The fourth-order valence-electron chi connectivity index (χ4n) is 2.04. The first-order valence-electron chi connectivity index (χ1n) is 5.82. The van der Waals surface area contributed by atoms with Gasteiger partial charge in [-0.1, -0.05) is 23.2 Å². The van der Waals surface area contributed by atoms with E-state index in [2.05, 4.69) is 9.97 Å². The molecule has 1 N–H and O–H groups in total. The van der Waals surface area contributed by atoms with E-state index in [4.69, 9.17) is 40.2 Å². The van der Waals surface area contributed by atoms with Crippen LogP contribution < -0.4 is 4.74 Å². The Morgan fingerprint density at radius 3 is 2.57 bits per heavy atom. The fraction of sp³-hybridized carbons (Fsp3) is 0.0769. The number of aromatic amines is 1. The van der Waals surface area contributed by atoms with E-state index in [-0.39, 0.29) is 10.0 Å². The monoisotopic (exact) mass is 343 g/mol. The smallest absolute Gasteiger partial charge is 0.215 e. The highest BCUT2D eigenvalue weighted by atomic mass is 35.5. The number of fused-ring (bicyclic) bond motifs is 1. The van der Waals surface area contributed by atoms with E-state index in [1.54, 1.807) is 16.7 Å². The molecule has 3 rings (SSSR count). The number of imidazole rings is 1. The Kier molecular flexibility index (Phi) is 3.61. The van der Waals surface area contributed by atoms with Crippen LogP contribution in [0.4, 0.5) is 4.39 Å². The molecule has 3 aromatic rings. The molecule has 4 nitrogen and oxygen atoms in total. The summed E-state index contributed by atoms with van der Waals surface area (Å²) in [6.45, 7) is 0. The number of ether oxygens (including phenoxy) is 1. The van der Waals surface area contributed by atoms with E-state index < -0.39 is 5.82 Å². The van der Waals surface area contributed by atoms with Crippen molar-refractivity contribution in [3.8, 4) is 11.6 Å². The first kappa shape index (κ1) is 14.3. The second-order valence-electron chi connectivity index (χ2n) is 4.21. The molecule has 0 fully saturated rings. The van der Waals surface area contributed by atoms with Crippen LogP contribution in [0.2, 0.25) is 10.0 Å². The van der Waals surface area contributed by atoms with Crippen molar-refractivity contribution < 1.29 is 9.13 Å². The van der Waals surface area contributed by atoms with Gasteiger partial charge in [0.05, 0.1) is 28.4 Å². The van der Waals surface area contributed by atoms with Crippen LogP contribution in [0.15, 0.2) is 24.3 Å². The number of nitrogens with zero attached hydrogens (tertiary/aromatic N) is 2. The number of nitrogens with one attached hydrogen (secondary N) is 1. The van der Waals surface area contributed by atoms with Crippen molar-refractivity contribution in [3.05, 3.63) is 44.9 Å². The van der Waals surface area contributed by atoms with E-state index in [1.807, 2.05) is 0 Å². The predicted molar refractivity (Wildman–Crippen MR) is 82.8 cm³/mol. The van der Waals surface area contributed by atoms with Crippen molar-refractivity contribution in [2.45, 2.75) is 0 Å². The minimum Gasteiger partial charge on any atom is -0.481 e. The molecular formula is C13H8Cl2FN3OS. The first-order valence-corrected chi connectivity index (χ1v) is 6.98. The van der Waals surface area contributed by atoms with Crippen molar-refractivity contribution in [3.63, 3.8) is 0 Å². The maximum atomic E-state index is 13.3. The molecule has 0 atom stereocenters. The van der Waals surface area contributed by atoms with Gasteiger partial charge in [-0.3, -0.25) is 4.57 Å². The molecule has 0 aliphatic heterocycles. The molecule has 108 valence electrons. The molecule has 8 heteroatoms. The van der Waals surface area contributed by atoms with Gasteiger partial charge < -0.3 is 9.72 Å². The summed E-state index contributed by atoms with van der Waals surface area (Å²) in [5.41, 5.74) is 1.56. The van der Waals surface area contributed by atoms with Gasteiger partial charge in [-0.15, -0.1) is 0 Å². The summed E-state index contributed by atoms with van der Waals surface area (Å²) >= 11 is 17.5. The van der Waals surface area contributed by atoms with Gasteiger partial charge in [0.1, 0.15) is 5.82 Å². The van der Waals surface area contributed by atoms with E-state index in [0.29, 0.717) is 27.5 Å². The highest BCUT2D eigenvalue weighted by Gasteiger charge is 2.16. The SMILES string of the molecule is COc1ccc2[nH]c(=S)n(-c3c(Cl)cc(F)cc3Cl)c2n1. The summed E-state index contributed by atoms with van der Waals surface area (Å²) in [5, 5.41) is 0.281. The van der Waals surface area contributed by atoms with Crippen molar-refractivity contribution in [1.82, 2.24) is 14.5 Å². The molecule has 0 saturated heterocycles. The van der Waals surface area contributed by atoms with Gasteiger partial charge in [0, 0.05) is 6.07 Å². The van der Waals surface area contributed by atoms with Gasteiger partial charge in [-0.2, -0.15) is 4.98 Å². The molecule has 0 saturated carbocycles. The van der Waals surface area contributed by atoms with Gasteiger partial charge >= 0.3 is 0 Å². The molecule has 0 spiro atoms. The lowest BCUT2D eigenvalue weighted by Crippen LogP contribution is -1.99. The zero-order chi connectivity index (χ0) is 15.1. The summed E-state index contributed by atoms with van der Waals surface area (Å²) in [6.07, 6.45) is 0. The number of halogens is 3. The molecule has 0 bridgehead atoms. The van der Waals surface area contributed by atoms with Gasteiger partial charge in [-0.25, -0.2) is 4.39 Å². The zero-order valence-corrected chi connectivity index (χ0v) is 13.0. The van der Waals surface area contributed by atoms with Gasteiger partial charge in [0.2, 0.25) is 5.88 Å². The van der Waals surface area contributed by atoms with Gasteiger partial charge in [0.25, 0.3) is 0 Å². The normalized spacial score (nSPS) is 11.0. The van der Waals surface area contributed by atoms with Crippen LogP contribution in [0.1, 0.15) is 0 Å². The second-order valence-corrected chi connectivity index (χ2v) is 5.41. The van der Waals surface area contributed by atoms with Gasteiger partial charge in [0.15, 0.2) is 10.4 Å². The summed E-state index contributed by atoms with van der Waals surface area (Å²) in [4.78, 5) is 7.32. The third-order valence-corrected chi connectivity index (χ3v) is 3.78. The van der Waals surface area contributed by atoms with Crippen LogP contribution in [0, 0.1) is 10.6 Å². The first-order chi connectivity index (χ1) is 10.0. The number of H-pyrrole nitrogens is 1. The number of rotatable bonds is 2. The maximum absolute atomic E-state index is 13.3. The number of benzene rings is 1. The largest absolute Gasteiger partial charge is 0.481 e. The van der Waals surface area contributed by atoms with E-state index in [9.17, 15) is 4.39 Å². The van der Waals surface area contributed by atoms with Crippen LogP contribution in [-0.2, 0) is 0 Å². The van der Waals surface area contributed by atoms with Gasteiger partial charge in [-0.05, 0) is 30.4 Å². The molecule has 1 aromatic carbocycles. The lowest BCUT2D eigenvalue weighted by atomic mass is 10.3. The summed E-state index contributed by atoms with van der Waals surface area (Å²) in [5.74, 6) is -0.106. The van der Waals surface area contributed by atoms with Crippen molar-refractivity contribution in [1.29, 1.82) is 0 Å². The lowest BCUT2D eigenvalue weighted by Gasteiger charge is -2.09. The number of hydrogen-bond donors (Lipinski definition) is 1. The highest BCUT2D eigenvalue weighted by Crippen LogP contribution is 2.32. The Hall–Kier alpha value is -1.63. The molecule has 0 unspecified atom stereocenters. The number of aromatic nitrogens is 3. The van der Waals surface area contributed by atoms with Crippen LogP contribution in [0.25, 0.3) is 16.9 Å². The van der Waals surface area contributed by atoms with E-state index >= 15 is 0 Å². The van der Waals surface area contributed by atoms with Crippen LogP contribution >= 0.6 is 35.4 Å². The Morgan fingerprint density at radius 1 is 1.29 bits per heavy atom. The van der Waals surface area contributed by atoms with E-state index in [0.717, 1.165) is 0 Å². The lowest BCUT2D eigenvalue weighted by molar-refractivity contribution is 0.399. The zero-order valence-electron chi connectivity index (χ0n) is 10.7. The second kappa shape index (κ2) is 5.29. The molecule has 0 amide bonds. The van der Waals surface area contributed by atoms with Crippen molar-refractivity contribution in [2.24, 2.45) is 0 Å². The van der Waals surface area contributed by atoms with Crippen LogP contribution in [0.3, 0.4) is 0 Å². The molecule has 0 aliphatic rings. The Balaban J connectivity index is 2.40. The summed E-state index contributed by atoms with van der Waals surface area (Å²) < 4.78 is 20.3. The fourth-order valence-corrected chi connectivity index (χ4v) is 2.95. The third-order valence-electron chi connectivity index (χ3n) is 2.92. The highest BCUT2D eigenvalue weighted by molar-refractivity contribution is 7.71. The number of methoxy groups -OCH3 is 1. The van der Waals surface area contributed by atoms with Crippen LogP contribution in [-0.4, -0.2) is 21.6 Å². The minimum absolute atomic E-state index is 0.140. The average molecular weight is 344 g/mol. The molecule has 2 heterocycles. The van der Waals surface area contributed by atoms with E-state index in [1.165, 1.54) is 19.2 Å². The Bertz CT molecular complexity index is 883. The molecular weight excluding hydrogens is 336 g/mol. The standard InChI is InChI=1S/C13H8Cl2FN3OS/c1-20-10-3-2-9-12(18-10)19(13(21)17-9)11-7(14)4-6(16)5-8(11)15/h2-5H,1H3,(H,17,21). The topological polar surface area (TPSA) is 42.8 Å². The Morgan fingerprint density at radius 2 is 1.95 bits per heavy atom. The van der Waals surface area contributed by atoms with Crippen molar-refractivity contribution in [2.75, 3.05) is 7.11 Å². The maximum Gasteiger partial charge on any atom is 0.215 e. The predicted octanol–water partition coefficient (Wildman–Crippen LogP) is 4.54. The quantitative estimate of drug-likeness (QED) is 0.694. The summed E-state index contributed by atoms with van der Waals surface area (Å²) in [7, 11) is 1.51. The average Bonchev–Trinajstić information content (AvgIpc) is 2.73. The summed E-state index contributed by atoms with van der Waals surface area (Å²) in [6, 6.07) is 5.82. The number of pyridine rings is 1. The molecule has 2 aromatic heterocycles. The Labute approximate surface area is 134 Å². The molecule has 0 aliphatic carbocycles. The number of hydrogen-bond acceptors (Lipinski definition) is 3. The molecule has 0 radical (unpaired) electrons.